The van der Waals surface area contributed by atoms with Gasteiger partial charge in [0, 0.05) is 0 Å². The second-order valence-electron chi connectivity index (χ2n) is 8.03. The summed E-state index contributed by atoms with van der Waals surface area (Å²) in [6.45, 7) is 8.62. The van der Waals surface area contributed by atoms with Gasteiger partial charge in [-0.05, 0) is 95.1 Å². The average molecular weight is 368 g/mol. The van der Waals surface area contributed by atoms with Crippen molar-refractivity contribution in [3.05, 3.63) is 29.3 Å². The Labute approximate surface area is 157 Å². The first-order valence-electron chi connectivity index (χ1n) is 9.13. The number of halogens is 1. The first-order valence-corrected chi connectivity index (χ1v) is 9.13. The molecule has 1 aromatic carbocycles. The summed E-state index contributed by atoms with van der Waals surface area (Å²) in [6, 6.07) is 5.76. The van der Waals surface area contributed by atoms with Gasteiger partial charge in [0.2, 0.25) is 0 Å². The summed E-state index contributed by atoms with van der Waals surface area (Å²) in [5.41, 5.74) is 1.33. The monoisotopic (exact) mass is 367 g/mol. The predicted molar refractivity (Wildman–Crippen MR) is 102 cm³/mol. The SMILES string of the molecule is CC(C)(C)OC(=O)c1ccc(OCC2CCNCC2)c(C2CC2)c1.Cl. The lowest BCUT2D eigenvalue weighted by Crippen LogP contribution is -2.30. The number of carbonyl (C=O) groups excluding carboxylic acids is 1. The Morgan fingerprint density at radius 2 is 1.84 bits per heavy atom. The number of ether oxygens (including phenoxy) is 2. The van der Waals surface area contributed by atoms with Crippen molar-refractivity contribution < 1.29 is 14.3 Å². The van der Waals surface area contributed by atoms with E-state index in [9.17, 15) is 4.79 Å². The molecule has 1 saturated carbocycles. The van der Waals surface area contributed by atoms with Gasteiger partial charge in [-0.25, -0.2) is 4.79 Å². The normalized spacial score (nSPS) is 18.4. The highest BCUT2D eigenvalue weighted by Crippen LogP contribution is 2.45. The van der Waals surface area contributed by atoms with Crippen molar-refractivity contribution in [3.8, 4) is 5.75 Å². The Morgan fingerprint density at radius 1 is 1.16 bits per heavy atom. The summed E-state index contributed by atoms with van der Waals surface area (Å²) in [5.74, 6) is 1.86. The molecule has 0 radical (unpaired) electrons. The lowest BCUT2D eigenvalue weighted by molar-refractivity contribution is 0.00694. The minimum atomic E-state index is -0.471. The summed E-state index contributed by atoms with van der Waals surface area (Å²) in [7, 11) is 0. The van der Waals surface area contributed by atoms with Crippen LogP contribution in [0.3, 0.4) is 0 Å². The van der Waals surface area contributed by atoms with Crippen LogP contribution in [-0.2, 0) is 4.74 Å². The van der Waals surface area contributed by atoms with E-state index in [4.69, 9.17) is 9.47 Å². The van der Waals surface area contributed by atoms with Crippen molar-refractivity contribution in [2.45, 2.75) is 58.0 Å². The molecule has 140 valence electrons. The number of hydrogen-bond donors (Lipinski definition) is 1. The molecule has 1 aliphatic heterocycles. The minimum Gasteiger partial charge on any atom is -0.493 e. The molecule has 0 atom stereocenters. The Bertz CT molecular complexity index is 587. The molecule has 1 aromatic rings. The summed E-state index contributed by atoms with van der Waals surface area (Å²) in [6.07, 6.45) is 4.71. The summed E-state index contributed by atoms with van der Waals surface area (Å²) in [5, 5.41) is 3.38. The molecule has 0 aromatic heterocycles. The summed E-state index contributed by atoms with van der Waals surface area (Å²) < 4.78 is 11.6. The molecule has 1 saturated heterocycles. The van der Waals surface area contributed by atoms with Gasteiger partial charge in [-0.3, -0.25) is 0 Å². The molecule has 5 heteroatoms. The zero-order valence-corrected chi connectivity index (χ0v) is 16.3. The van der Waals surface area contributed by atoms with Crippen LogP contribution in [0.4, 0.5) is 0 Å². The van der Waals surface area contributed by atoms with Crippen molar-refractivity contribution in [3.63, 3.8) is 0 Å². The van der Waals surface area contributed by atoms with Gasteiger partial charge in [0.1, 0.15) is 11.4 Å². The third-order valence-electron chi connectivity index (χ3n) is 4.59. The molecule has 3 rings (SSSR count). The lowest BCUT2D eigenvalue weighted by atomic mass is 9.99. The fourth-order valence-electron chi connectivity index (χ4n) is 3.11. The Hall–Kier alpha value is -1.26. The van der Waals surface area contributed by atoms with Crippen molar-refractivity contribution in [2.24, 2.45) is 5.92 Å². The number of hydrogen-bond acceptors (Lipinski definition) is 4. The van der Waals surface area contributed by atoms with Crippen LogP contribution in [0.5, 0.6) is 5.75 Å². The third-order valence-corrected chi connectivity index (χ3v) is 4.59. The van der Waals surface area contributed by atoms with Crippen molar-refractivity contribution in [1.82, 2.24) is 5.32 Å². The zero-order chi connectivity index (χ0) is 17.2. The quantitative estimate of drug-likeness (QED) is 0.787. The first-order chi connectivity index (χ1) is 11.4. The number of carbonyl (C=O) groups is 1. The standard InChI is InChI=1S/C20H29NO3.ClH/c1-20(2,3)24-19(22)16-6-7-18(17(12-16)15-4-5-15)23-13-14-8-10-21-11-9-14;/h6-7,12,14-15,21H,4-5,8-11,13H2,1-3H3;1H. The van der Waals surface area contributed by atoms with E-state index in [0.717, 1.165) is 25.4 Å². The summed E-state index contributed by atoms with van der Waals surface area (Å²) >= 11 is 0. The fraction of sp³-hybridized carbons (Fsp3) is 0.650. The topological polar surface area (TPSA) is 47.6 Å². The van der Waals surface area contributed by atoms with Gasteiger partial charge in [-0.2, -0.15) is 0 Å². The summed E-state index contributed by atoms with van der Waals surface area (Å²) in [4.78, 5) is 12.3. The van der Waals surface area contributed by atoms with Gasteiger partial charge < -0.3 is 14.8 Å². The molecule has 0 unspecified atom stereocenters. The first kappa shape index (κ1) is 20.1. The molecule has 0 amide bonds. The molecular weight excluding hydrogens is 338 g/mol. The third kappa shape index (κ3) is 5.89. The highest BCUT2D eigenvalue weighted by Gasteiger charge is 2.29. The second kappa shape index (κ2) is 8.41. The van der Waals surface area contributed by atoms with E-state index >= 15 is 0 Å². The average Bonchev–Trinajstić information content (AvgIpc) is 3.37. The van der Waals surface area contributed by atoms with Crippen LogP contribution >= 0.6 is 12.4 Å². The van der Waals surface area contributed by atoms with Gasteiger partial charge in [-0.1, -0.05) is 0 Å². The molecule has 1 aliphatic carbocycles. The van der Waals surface area contributed by atoms with E-state index in [0.29, 0.717) is 17.4 Å². The molecular formula is C20H30ClNO3. The maximum absolute atomic E-state index is 12.3. The van der Waals surface area contributed by atoms with Crippen molar-refractivity contribution in [1.29, 1.82) is 0 Å². The molecule has 25 heavy (non-hydrogen) atoms. The highest BCUT2D eigenvalue weighted by molar-refractivity contribution is 5.90. The van der Waals surface area contributed by atoms with E-state index in [1.807, 2.05) is 39.0 Å². The Kier molecular flexibility index (Phi) is 6.75. The van der Waals surface area contributed by atoms with Gasteiger partial charge in [-0.15, -0.1) is 12.4 Å². The number of piperidine rings is 1. The highest BCUT2D eigenvalue weighted by atomic mass is 35.5. The van der Waals surface area contributed by atoms with Crippen LogP contribution in [-0.4, -0.2) is 31.3 Å². The smallest absolute Gasteiger partial charge is 0.338 e. The maximum Gasteiger partial charge on any atom is 0.338 e. The minimum absolute atomic E-state index is 0. The molecule has 2 aliphatic rings. The molecule has 0 spiro atoms. The van der Waals surface area contributed by atoms with Gasteiger partial charge in [0.25, 0.3) is 0 Å². The van der Waals surface area contributed by atoms with Crippen LogP contribution in [0.15, 0.2) is 18.2 Å². The number of rotatable bonds is 5. The number of esters is 1. The molecule has 1 N–H and O–H groups in total. The number of nitrogens with one attached hydrogen (secondary N) is 1. The van der Waals surface area contributed by atoms with Gasteiger partial charge in [0.05, 0.1) is 12.2 Å². The fourth-order valence-corrected chi connectivity index (χ4v) is 3.11. The van der Waals surface area contributed by atoms with Crippen LogP contribution < -0.4 is 10.1 Å². The predicted octanol–water partition coefficient (Wildman–Crippen LogP) is 4.32. The van der Waals surface area contributed by atoms with E-state index in [1.165, 1.54) is 31.2 Å². The van der Waals surface area contributed by atoms with E-state index < -0.39 is 5.60 Å². The van der Waals surface area contributed by atoms with Crippen LogP contribution in [0.2, 0.25) is 0 Å². The molecule has 1 heterocycles. The van der Waals surface area contributed by atoms with Crippen LogP contribution in [0.25, 0.3) is 0 Å². The van der Waals surface area contributed by atoms with Crippen molar-refractivity contribution in [2.75, 3.05) is 19.7 Å². The van der Waals surface area contributed by atoms with Gasteiger partial charge in [0.15, 0.2) is 0 Å². The van der Waals surface area contributed by atoms with E-state index in [1.54, 1.807) is 0 Å². The van der Waals surface area contributed by atoms with Crippen LogP contribution in [0.1, 0.15) is 68.3 Å². The van der Waals surface area contributed by atoms with Gasteiger partial charge >= 0.3 is 5.97 Å². The Balaban J connectivity index is 0.00000225. The lowest BCUT2D eigenvalue weighted by Gasteiger charge is -2.23. The maximum atomic E-state index is 12.3. The molecule has 2 fully saturated rings. The largest absolute Gasteiger partial charge is 0.493 e. The van der Waals surface area contributed by atoms with Crippen molar-refractivity contribution >= 4 is 18.4 Å². The van der Waals surface area contributed by atoms with Crippen LogP contribution in [0, 0.1) is 5.92 Å². The molecule has 0 bridgehead atoms. The zero-order valence-electron chi connectivity index (χ0n) is 15.5. The second-order valence-corrected chi connectivity index (χ2v) is 8.03. The van der Waals surface area contributed by atoms with E-state index in [2.05, 4.69) is 5.32 Å². The molecule has 4 nitrogen and oxygen atoms in total. The van der Waals surface area contributed by atoms with E-state index in [-0.39, 0.29) is 18.4 Å². The number of benzene rings is 1. The Morgan fingerprint density at radius 3 is 2.44 bits per heavy atom.